The van der Waals surface area contributed by atoms with Gasteiger partial charge in [0.15, 0.2) is 4.80 Å². The molecular formula is C12H13F3N2O4S3. The Balaban J connectivity index is 0.000000368. The van der Waals surface area contributed by atoms with Gasteiger partial charge in [0, 0.05) is 17.5 Å². The van der Waals surface area contributed by atoms with Crippen molar-refractivity contribution in [2.24, 2.45) is 0 Å². The molecule has 6 nitrogen and oxygen atoms in total. The number of alkyl halides is 3. The zero-order chi connectivity index (χ0) is 18.1. The van der Waals surface area contributed by atoms with Crippen molar-refractivity contribution in [2.75, 3.05) is 12.0 Å². The molecule has 1 aromatic heterocycles. The summed E-state index contributed by atoms with van der Waals surface area (Å²) in [4.78, 5) is 1.12. The molecule has 24 heavy (non-hydrogen) atoms. The fourth-order valence-electron chi connectivity index (χ4n) is 2.08. The second kappa shape index (κ2) is 6.94. The highest BCUT2D eigenvalue weighted by molar-refractivity contribution is 7.99. The molecule has 0 saturated heterocycles. The number of ether oxygens (including phenoxy) is 1. The van der Waals surface area contributed by atoms with E-state index in [4.69, 9.17) is 9.96 Å². The number of aromatic nitrogens is 1. The summed E-state index contributed by atoms with van der Waals surface area (Å²) in [6, 6.07) is 2.77. The lowest BCUT2D eigenvalue weighted by Gasteiger charge is -2.10. The molecule has 134 valence electrons. The van der Waals surface area contributed by atoms with Gasteiger partial charge in [0.1, 0.15) is 5.75 Å². The minimum absolute atomic E-state index is 0.210. The maximum atomic E-state index is 12.3. The highest BCUT2D eigenvalue weighted by Gasteiger charge is 2.31. The van der Waals surface area contributed by atoms with Crippen LogP contribution in [-0.2, 0) is 16.7 Å². The molecule has 2 heterocycles. The lowest BCUT2D eigenvalue weighted by Crippen LogP contribution is -2.17. The fraction of sp³-hybridized carbons (Fsp3) is 0.417. The van der Waals surface area contributed by atoms with Crippen LogP contribution >= 0.6 is 23.1 Å². The van der Waals surface area contributed by atoms with Gasteiger partial charge >= 0.3 is 6.36 Å². The minimum Gasteiger partial charge on any atom is -0.406 e. The second-order valence-electron chi connectivity index (χ2n) is 4.81. The smallest absolute Gasteiger partial charge is 0.406 e. The second-order valence-corrected chi connectivity index (χ2v) is 8.44. The number of thioether (sulfide) groups is 1. The number of hydrogen-bond acceptors (Lipinski definition) is 6. The van der Waals surface area contributed by atoms with Crippen LogP contribution in [0.3, 0.4) is 0 Å². The lowest BCUT2D eigenvalue weighted by molar-refractivity contribution is -0.274. The van der Waals surface area contributed by atoms with Gasteiger partial charge in [0.2, 0.25) is 0 Å². The van der Waals surface area contributed by atoms with E-state index < -0.39 is 16.5 Å². The van der Waals surface area contributed by atoms with Crippen LogP contribution in [-0.4, -0.2) is 35.9 Å². The summed E-state index contributed by atoms with van der Waals surface area (Å²) in [7, 11) is -3.67. The van der Waals surface area contributed by atoms with Gasteiger partial charge in [-0.25, -0.2) is 0 Å². The van der Waals surface area contributed by atoms with E-state index in [9.17, 15) is 21.6 Å². The number of thiazole rings is 1. The van der Waals surface area contributed by atoms with Gasteiger partial charge in [0.25, 0.3) is 10.1 Å². The molecule has 0 aliphatic carbocycles. The van der Waals surface area contributed by atoms with E-state index in [0.29, 0.717) is 15.8 Å². The summed E-state index contributed by atoms with van der Waals surface area (Å²) in [5.41, 5.74) is 0.854. The Labute approximate surface area is 143 Å². The molecule has 1 aromatic carbocycles. The molecule has 1 aliphatic rings. The number of nitrogens with one attached hydrogen (secondary N) is 1. The van der Waals surface area contributed by atoms with E-state index in [1.165, 1.54) is 35.2 Å². The van der Waals surface area contributed by atoms with Crippen LogP contribution in [0, 0.1) is 5.41 Å². The van der Waals surface area contributed by atoms with Crippen LogP contribution in [0.25, 0.3) is 10.2 Å². The summed E-state index contributed by atoms with van der Waals surface area (Å²) in [6.45, 7) is 0.734. The molecule has 0 spiro atoms. The first kappa shape index (κ1) is 19.1. The largest absolute Gasteiger partial charge is 0.573 e. The Hall–Kier alpha value is -1.24. The maximum Gasteiger partial charge on any atom is 0.573 e. The Morgan fingerprint density at radius 1 is 1.38 bits per heavy atom. The maximum absolute atomic E-state index is 12.3. The van der Waals surface area contributed by atoms with Crippen molar-refractivity contribution in [3.8, 4) is 5.75 Å². The van der Waals surface area contributed by atoms with E-state index in [1.807, 2.05) is 4.57 Å². The molecule has 1 aliphatic heterocycles. The van der Waals surface area contributed by atoms with Gasteiger partial charge in [-0.15, -0.1) is 24.9 Å². The van der Waals surface area contributed by atoms with Crippen molar-refractivity contribution in [2.45, 2.75) is 24.2 Å². The average molecular weight is 402 g/mol. The number of aryl methyl sites for hydroxylation is 1. The van der Waals surface area contributed by atoms with E-state index in [-0.39, 0.29) is 5.75 Å². The third kappa shape index (κ3) is 5.40. The molecule has 12 heteroatoms. The SMILES string of the molecule is CS(=O)(=O)O.N=c1sc2cc(OC(F)(F)F)cc3c2n1CCCS3. The van der Waals surface area contributed by atoms with E-state index in [1.54, 1.807) is 0 Å². The van der Waals surface area contributed by atoms with Crippen LogP contribution in [0.1, 0.15) is 6.42 Å². The van der Waals surface area contributed by atoms with Crippen molar-refractivity contribution in [3.05, 3.63) is 16.9 Å². The number of nitrogens with zero attached hydrogens (tertiary/aromatic N) is 1. The molecule has 0 bridgehead atoms. The predicted molar refractivity (Wildman–Crippen MR) is 85.2 cm³/mol. The first-order valence-corrected chi connectivity index (χ1v) is 10.1. The molecule has 0 amide bonds. The summed E-state index contributed by atoms with van der Waals surface area (Å²) >= 11 is 2.69. The average Bonchev–Trinajstić information content (AvgIpc) is 2.54. The fourth-order valence-corrected chi connectivity index (χ4v) is 4.19. The number of halogens is 3. The minimum atomic E-state index is -4.69. The molecule has 3 rings (SSSR count). The number of hydrogen-bond donors (Lipinski definition) is 2. The topological polar surface area (TPSA) is 92.4 Å². The summed E-state index contributed by atoms with van der Waals surface area (Å²) in [5.74, 6) is 0.619. The molecule has 0 unspecified atom stereocenters. The first-order chi connectivity index (χ1) is 10.9. The molecule has 0 atom stereocenters. The highest BCUT2D eigenvalue weighted by Crippen LogP contribution is 2.37. The Bertz CT molecular complexity index is 895. The van der Waals surface area contributed by atoms with Gasteiger partial charge in [-0.3, -0.25) is 9.96 Å². The van der Waals surface area contributed by atoms with Gasteiger partial charge in [-0.1, -0.05) is 11.3 Å². The number of benzene rings is 1. The van der Waals surface area contributed by atoms with Gasteiger partial charge in [-0.2, -0.15) is 8.42 Å². The normalized spacial score (nSPS) is 14.7. The molecule has 0 saturated carbocycles. The highest BCUT2D eigenvalue weighted by atomic mass is 32.2. The zero-order valence-electron chi connectivity index (χ0n) is 12.3. The third-order valence-electron chi connectivity index (χ3n) is 2.75. The van der Waals surface area contributed by atoms with Gasteiger partial charge in [0.05, 0.1) is 16.5 Å². The van der Waals surface area contributed by atoms with Gasteiger partial charge < -0.3 is 9.30 Å². The van der Waals surface area contributed by atoms with Crippen LogP contribution in [0.2, 0.25) is 0 Å². The molecule has 0 radical (unpaired) electrons. The van der Waals surface area contributed by atoms with Crippen LogP contribution in [0.15, 0.2) is 17.0 Å². The van der Waals surface area contributed by atoms with Crippen molar-refractivity contribution in [3.63, 3.8) is 0 Å². The molecule has 2 N–H and O–H groups in total. The summed E-state index contributed by atoms with van der Waals surface area (Å²) in [6.07, 6.45) is -3.07. The summed E-state index contributed by atoms with van der Waals surface area (Å²) in [5, 5.41) is 7.89. The lowest BCUT2D eigenvalue weighted by atomic mass is 10.3. The Morgan fingerprint density at radius 3 is 2.58 bits per heavy atom. The van der Waals surface area contributed by atoms with E-state index in [2.05, 4.69) is 4.74 Å². The molecule has 0 fully saturated rings. The zero-order valence-corrected chi connectivity index (χ0v) is 14.7. The number of rotatable bonds is 1. The van der Waals surface area contributed by atoms with E-state index >= 15 is 0 Å². The Kier molecular flexibility index (Phi) is 5.52. The third-order valence-corrected chi connectivity index (χ3v) is 4.81. The molecule has 2 aromatic rings. The monoisotopic (exact) mass is 402 g/mol. The quantitative estimate of drug-likeness (QED) is 0.715. The predicted octanol–water partition coefficient (Wildman–Crippen LogP) is 3.08. The van der Waals surface area contributed by atoms with E-state index in [0.717, 1.165) is 29.1 Å². The van der Waals surface area contributed by atoms with Crippen molar-refractivity contribution in [1.82, 2.24) is 4.57 Å². The first-order valence-electron chi connectivity index (χ1n) is 6.47. The van der Waals surface area contributed by atoms with Crippen LogP contribution in [0.5, 0.6) is 5.75 Å². The summed E-state index contributed by atoms with van der Waals surface area (Å²) < 4.78 is 69.2. The van der Waals surface area contributed by atoms with Crippen molar-refractivity contribution in [1.29, 1.82) is 5.41 Å². The standard InChI is InChI=1S/C11H9F3N2OS2.CH4O3S/c12-11(13,14)17-6-4-7-9-8(5-6)19-10(15)16(9)2-1-3-18-7;1-5(2,3)4/h4-5,15H,1-3H2;1H3,(H,2,3,4). The van der Waals surface area contributed by atoms with Gasteiger partial charge in [-0.05, 0) is 18.2 Å². The molecular weight excluding hydrogens is 389 g/mol. The Morgan fingerprint density at radius 2 is 2.00 bits per heavy atom. The van der Waals surface area contributed by atoms with Crippen molar-refractivity contribution >= 4 is 43.4 Å². The van der Waals surface area contributed by atoms with Crippen LogP contribution in [0.4, 0.5) is 13.2 Å². The van der Waals surface area contributed by atoms with Crippen molar-refractivity contribution < 1.29 is 30.9 Å². The van der Waals surface area contributed by atoms with Crippen LogP contribution < -0.4 is 9.54 Å².